The molecule has 0 spiro atoms. The number of azo groups is 2. The minimum atomic E-state index is 0.613. The van der Waals surface area contributed by atoms with Gasteiger partial charge in [-0.2, -0.15) is 20.5 Å². The second-order valence-electron chi connectivity index (χ2n) is 6.77. The van der Waals surface area contributed by atoms with Crippen molar-refractivity contribution in [3.63, 3.8) is 0 Å². The number of nitrogens with zero attached hydrogens (tertiary/aromatic N) is 5. The summed E-state index contributed by atoms with van der Waals surface area (Å²) < 4.78 is 0. The largest absolute Gasteiger partial charge is 0.372 e. The third-order valence-corrected chi connectivity index (χ3v) is 4.74. The van der Waals surface area contributed by atoms with Gasteiger partial charge in [0.05, 0.1) is 22.7 Å². The Labute approximate surface area is 177 Å². The zero-order valence-corrected chi connectivity index (χ0v) is 17.5. The quantitative estimate of drug-likeness (QED) is 0.291. The molecule has 0 bridgehead atoms. The summed E-state index contributed by atoms with van der Waals surface area (Å²) in [5.74, 6) is 0. The summed E-state index contributed by atoms with van der Waals surface area (Å²) in [5.41, 5.74) is 5.78. The fourth-order valence-corrected chi connectivity index (χ4v) is 2.98. The van der Waals surface area contributed by atoms with Gasteiger partial charge in [0.2, 0.25) is 0 Å². The Hall–Kier alpha value is -3.67. The first-order chi connectivity index (χ1) is 14.6. The molecule has 0 unspecified atom stereocenters. The lowest BCUT2D eigenvalue weighted by Gasteiger charge is -2.20. The number of hydrogen-bond acceptors (Lipinski definition) is 6. The summed E-state index contributed by atoms with van der Waals surface area (Å²) in [6.45, 7) is 8.20. The first kappa shape index (κ1) is 21.0. The van der Waals surface area contributed by atoms with Crippen molar-refractivity contribution >= 4 is 34.7 Å². The summed E-state index contributed by atoms with van der Waals surface area (Å²) in [7, 11) is 0. The summed E-state index contributed by atoms with van der Waals surface area (Å²) in [4.78, 5) is 13.0. The van der Waals surface area contributed by atoms with Gasteiger partial charge in [-0.15, -0.1) is 0 Å². The van der Waals surface area contributed by atoms with Crippen molar-refractivity contribution in [2.24, 2.45) is 20.5 Å². The van der Waals surface area contributed by atoms with Crippen LogP contribution in [0, 0.1) is 6.92 Å². The molecule has 152 valence electrons. The molecule has 0 saturated carbocycles. The van der Waals surface area contributed by atoms with E-state index < -0.39 is 0 Å². The fourth-order valence-electron chi connectivity index (χ4n) is 2.98. The summed E-state index contributed by atoms with van der Waals surface area (Å²) in [5, 5.41) is 17.2. The van der Waals surface area contributed by atoms with Gasteiger partial charge in [-0.25, -0.2) is 0 Å². The van der Waals surface area contributed by atoms with E-state index in [1.807, 2.05) is 37.3 Å². The third-order valence-electron chi connectivity index (χ3n) is 4.74. The molecule has 0 radical (unpaired) electrons. The van der Waals surface area contributed by atoms with Crippen molar-refractivity contribution < 1.29 is 4.79 Å². The number of carbonyl (C=O) groups is 1. The Morgan fingerprint density at radius 1 is 0.733 bits per heavy atom. The zero-order valence-electron chi connectivity index (χ0n) is 17.5. The number of aryl methyl sites for hydroxylation is 1. The predicted molar refractivity (Wildman–Crippen MR) is 121 cm³/mol. The second-order valence-corrected chi connectivity index (χ2v) is 6.77. The predicted octanol–water partition coefficient (Wildman–Crippen LogP) is 7.48. The Morgan fingerprint density at radius 3 is 1.83 bits per heavy atom. The van der Waals surface area contributed by atoms with Crippen molar-refractivity contribution in [3.8, 4) is 0 Å². The van der Waals surface area contributed by atoms with E-state index in [0.29, 0.717) is 11.3 Å². The molecule has 0 aliphatic heterocycles. The first-order valence-electron chi connectivity index (χ1n) is 9.97. The highest BCUT2D eigenvalue weighted by Crippen LogP contribution is 2.28. The van der Waals surface area contributed by atoms with E-state index in [2.05, 4.69) is 51.3 Å². The molecule has 0 aliphatic rings. The van der Waals surface area contributed by atoms with Crippen molar-refractivity contribution in [2.75, 3.05) is 18.0 Å². The minimum Gasteiger partial charge on any atom is -0.372 e. The van der Waals surface area contributed by atoms with Crippen molar-refractivity contribution in [2.45, 2.75) is 20.8 Å². The topological polar surface area (TPSA) is 69.8 Å². The van der Waals surface area contributed by atoms with Gasteiger partial charge in [0.15, 0.2) is 0 Å². The van der Waals surface area contributed by atoms with Crippen molar-refractivity contribution in [3.05, 3.63) is 77.9 Å². The maximum Gasteiger partial charge on any atom is 0.150 e. The molecule has 3 rings (SSSR count). The molecule has 0 aromatic heterocycles. The second kappa shape index (κ2) is 10.2. The smallest absolute Gasteiger partial charge is 0.150 e. The number of rotatable bonds is 8. The Morgan fingerprint density at radius 2 is 1.27 bits per heavy atom. The molecule has 3 aromatic rings. The number of hydrogen-bond donors (Lipinski definition) is 0. The molecule has 0 aliphatic carbocycles. The third kappa shape index (κ3) is 5.44. The van der Waals surface area contributed by atoms with Crippen LogP contribution in [0.1, 0.15) is 29.8 Å². The molecular formula is C24H25N5O. The van der Waals surface area contributed by atoms with E-state index in [1.165, 1.54) is 5.69 Å². The van der Waals surface area contributed by atoms with Gasteiger partial charge >= 0.3 is 0 Å². The maximum absolute atomic E-state index is 10.7. The lowest BCUT2D eigenvalue weighted by Crippen LogP contribution is -2.21. The van der Waals surface area contributed by atoms with Gasteiger partial charge in [-0.3, -0.25) is 4.79 Å². The van der Waals surface area contributed by atoms with E-state index in [-0.39, 0.29) is 0 Å². The van der Waals surface area contributed by atoms with Gasteiger partial charge in [-0.05, 0) is 93.1 Å². The van der Waals surface area contributed by atoms with Gasteiger partial charge in [0.1, 0.15) is 6.29 Å². The Kier molecular flexibility index (Phi) is 7.16. The van der Waals surface area contributed by atoms with E-state index in [1.54, 1.807) is 24.3 Å². The highest BCUT2D eigenvalue weighted by Gasteiger charge is 2.02. The molecule has 0 amide bonds. The monoisotopic (exact) mass is 399 g/mol. The Balaban J connectivity index is 1.68. The van der Waals surface area contributed by atoms with E-state index in [4.69, 9.17) is 0 Å². The van der Waals surface area contributed by atoms with E-state index in [9.17, 15) is 4.79 Å². The normalized spacial score (nSPS) is 11.3. The van der Waals surface area contributed by atoms with Crippen LogP contribution in [0.3, 0.4) is 0 Å². The molecule has 30 heavy (non-hydrogen) atoms. The lowest BCUT2D eigenvalue weighted by atomic mass is 10.2. The number of anilines is 1. The van der Waals surface area contributed by atoms with Crippen LogP contribution >= 0.6 is 0 Å². The van der Waals surface area contributed by atoms with E-state index >= 15 is 0 Å². The lowest BCUT2D eigenvalue weighted by molar-refractivity contribution is 0.112. The zero-order chi connectivity index (χ0) is 21.3. The number of aldehydes is 1. The number of carbonyl (C=O) groups excluding carboxylic acids is 1. The number of benzene rings is 3. The maximum atomic E-state index is 10.7. The summed E-state index contributed by atoms with van der Waals surface area (Å²) in [6, 6.07) is 20.7. The molecule has 0 N–H and O–H groups in total. The van der Waals surface area contributed by atoms with Gasteiger partial charge in [0, 0.05) is 24.3 Å². The molecule has 0 atom stereocenters. The highest BCUT2D eigenvalue weighted by atomic mass is 16.1. The van der Waals surface area contributed by atoms with Crippen LogP contribution in [-0.2, 0) is 0 Å². The fraction of sp³-hybridized carbons (Fsp3) is 0.208. The minimum absolute atomic E-state index is 0.613. The van der Waals surface area contributed by atoms with Crippen LogP contribution in [0.5, 0.6) is 0 Å². The van der Waals surface area contributed by atoms with Crippen molar-refractivity contribution in [1.82, 2.24) is 0 Å². The standard InChI is InChI=1S/C24H25N5O/c1-4-29(5-2)23-13-10-21(11-14-23)25-27-22-12-15-24(18(3)16-22)28-26-20-8-6-19(17-30)7-9-20/h6-17H,4-5H2,1-3H3. The van der Waals surface area contributed by atoms with Gasteiger partial charge in [-0.1, -0.05) is 0 Å². The average molecular weight is 399 g/mol. The van der Waals surface area contributed by atoms with Crippen LogP contribution in [0.25, 0.3) is 0 Å². The van der Waals surface area contributed by atoms with Crippen LogP contribution in [0.2, 0.25) is 0 Å². The SMILES string of the molecule is CCN(CC)c1ccc(N=Nc2ccc(N=Nc3ccc(C=O)cc3)c(C)c2)cc1. The summed E-state index contributed by atoms with van der Waals surface area (Å²) >= 11 is 0. The van der Waals surface area contributed by atoms with Crippen LogP contribution in [0.4, 0.5) is 28.4 Å². The molecule has 0 heterocycles. The average Bonchev–Trinajstić information content (AvgIpc) is 2.79. The molecule has 3 aromatic carbocycles. The highest BCUT2D eigenvalue weighted by molar-refractivity contribution is 5.75. The summed E-state index contributed by atoms with van der Waals surface area (Å²) in [6.07, 6.45) is 0.803. The van der Waals surface area contributed by atoms with Crippen LogP contribution in [-0.4, -0.2) is 19.4 Å². The molecule has 6 nitrogen and oxygen atoms in total. The van der Waals surface area contributed by atoms with Gasteiger partial charge < -0.3 is 4.90 Å². The molecular weight excluding hydrogens is 374 g/mol. The van der Waals surface area contributed by atoms with E-state index in [0.717, 1.165) is 42.0 Å². The molecule has 0 saturated heterocycles. The molecule has 6 heteroatoms. The van der Waals surface area contributed by atoms with Crippen LogP contribution in [0.15, 0.2) is 87.2 Å². The van der Waals surface area contributed by atoms with Crippen LogP contribution < -0.4 is 4.90 Å². The van der Waals surface area contributed by atoms with Gasteiger partial charge in [0.25, 0.3) is 0 Å². The molecule has 0 fully saturated rings. The Bertz CT molecular complexity index is 1040. The van der Waals surface area contributed by atoms with Crippen molar-refractivity contribution in [1.29, 1.82) is 0 Å². The first-order valence-corrected chi connectivity index (χ1v) is 9.97.